The molecular formula is C62H62BN3Si. The highest BCUT2D eigenvalue weighted by atomic mass is 28.3. The van der Waals surface area contributed by atoms with Crippen molar-refractivity contribution < 1.29 is 13.7 Å². The first-order valence-corrected chi connectivity index (χ1v) is 26.9. The summed E-state index contributed by atoms with van der Waals surface area (Å²) in [7, 11) is -2.15. The van der Waals surface area contributed by atoms with Crippen LogP contribution >= 0.6 is 0 Å². The topological polar surface area (TPSA) is 9.72 Å². The molecule has 0 N–H and O–H groups in total. The summed E-state index contributed by atoms with van der Waals surface area (Å²) in [5.74, 6) is 0. The molecule has 5 heteroatoms. The van der Waals surface area contributed by atoms with Crippen molar-refractivity contribution in [1.82, 2.24) is 0 Å². The van der Waals surface area contributed by atoms with E-state index in [0.29, 0.717) is 0 Å². The Bertz CT molecular complexity index is 3710. The molecule has 8 aromatic carbocycles. The minimum Gasteiger partial charge on any atom is -0.311 e. The molecule has 0 saturated heterocycles. The molecule has 1 aliphatic carbocycles. The minimum atomic E-state index is -2.15. The number of anilines is 9. The van der Waals surface area contributed by atoms with Crippen LogP contribution in [0, 0.1) is 0 Å². The first kappa shape index (κ1) is 33.0. The zero-order valence-corrected chi connectivity index (χ0v) is 41.4. The molecule has 8 aromatic rings. The summed E-state index contributed by atoms with van der Waals surface area (Å²) in [6.45, 7) is 24.6. The van der Waals surface area contributed by atoms with Crippen molar-refractivity contribution in [2.45, 2.75) is 91.3 Å². The number of hydrogen-bond acceptors (Lipinski definition) is 3. The summed E-state index contributed by atoms with van der Waals surface area (Å²) >= 11 is 0. The highest BCUT2D eigenvalue weighted by molar-refractivity contribution is 7.00. The van der Waals surface area contributed by atoms with E-state index >= 15 is 0 Å². The molecule has 0 spiro atoms. The van der Waals surface area contributed by atoms with E-state index in [1.165, 1.54) is 26.8 Å². The summed E-state index contributed by atoms with van der Waals surface area (Å²) in [4.78, 5) is 6.01. The Balaban J connectivity index is 1.29. The number of benzene rings is 8. The predicted molar refractivity (Wildman–Crippen MR) is 293 cm³/mol. The molecule has 0 saturated carbocycles. The molecule has 0 aromatic heterocycles. The molecule has 67 heavy (non-hydrogen) atoms. The van der Waals surface area contributed by atoms with Gasteiger partial charge < -0.3 is 14.7 Å². The molecule has 0 bridgehead atoms. The van der Waals surface area contributed by atoms with Crippen LogP contribution in [-0.4, -0.2) is 14.8 Å². The van der Waals surface area contributed by atoms with Gasteiger partial charge in [0.15, 0.2) is 0 Å². The third-order valence-electron chi connectivity index (χ3n) is 14.3. The van der Waals surface area contributed by atoms with Gasteiger partial charge in [0.2, 0.25) is 0 Å². The summed E-state index contributed by atoms with van der Waals surface area (Å²) < 4.78 is 90.0. The van der Waals surface area contributed by atoms with E-state index in [4.69, 9.17) is 8.22 Å². The minimum absolute atomic E-state index is 0.0581. The molecule has 0 unspecified atom stereocenters. The lowest BCUT2D eigenvalue weighted by Gasteiger charge is -2.45. The molecule has 11 rings (SSSR count). The van der Waals surface area contributed by atoms with Crippen molar-refractivity contribution in [3.63, 3.8) is 0 Å². The molecule has 0 radical (unpaired) electrons. The largest absolute Gasteiger partial charge is 0.311 e. The van der Waals surface area contributed by atoms with Crippen LogP contribution in [0.1, 0.15) is 91.4 Å². The fourth-order valence-corrected chi connectivity index (χ4v) is 11.7. The van der Waals surface area contributed by atoms with Crippen LogP contribution in [0.2, 0.25) is 19.6 Å². The second-order valence-corrected chi connectivity index (χ2v) is 27.1. The Kier molecular flexibility index (Phi) is 7.50. The number of rotatable bonds is 6. The molecule has 0 amide bonds. The first-order chi connectivity index (χ1) is 36.0. The Labute approximate surface area is 414 Å². The second-order valence-electron chi connectivity index (χ2n) is 22.0. The van der Waals surface area contributed by atoms with Crippen LogP contribution < -0.4 is 36.3 Å². The van der Waals surface area contributed by atoms with Gasteiger partial charge in [-0.05, 0) is 139 Å². The monoisotopic (exact) mass is 898 g/mol. The number of para-hydroxylation sites is 2. The van der Waals surface area contributed by atoms with Gasteiger partial charge in [0.1, 0.15) is 0 Å². The van der Waals surface area contributed by atoms with Gasteiger partial charge in [0.25, 0.3) is 6.71 Å². The highest BCUT2D eigenvalue weighted by Gasteiger charge is 2.45. The van der Waals surface area contributed by atoms with Gasteiger partial charge >= 0.3 is 0 Å². The smallest absolute Gasteiger partial charge is 0.252 e. The molecular weight excluding hydrogens is 826 g/mol. The Morgan fingerprint density at radius 2 is 1.07 bits per heavy atom. The number of hydrogen-bond donors (Lipinski definition) is 0. The van der Waals surface area contributed by atoms with E-state index in [-0.39, 0.29) is 40.0 Å². The van der Waals surface area contributed by atoms with E-state index in [1.807, 2.05) is 12.1 Å². The van der Waals surface area contributed by atoms with Gasteiger partial charge in [-0.3, -0.25) is 0 Å². The van der Waals surface area contributed by atoms with E-state index < -0.39 is 68.5 Å². The van der Waals surface area contributed by atoms with Gasteiger partial charge in [-0.25, -0.2) is 0 Å². The van der Waals surface area contributed by atoms with E-state index in [9.17, 15) is 5.48 Å². The summed E-state index contributed by atoms with van der Waals surface area (Å²) in [6.07, 6.45) is 0. The summed E-state index contributed by atoms with van der Waals surface area (Å²) in [5, 5.41) is 1.23. The van der Waals surface area contributed by atoms with E-state index in [2.05, 4.69) is 182 Å². The Hall–Kier alpha value is -6.56. The fraction of sp³-hybridized carbons (Fsp3) is 0.226. The fourth-order valence-electron chi connectivity index (χ4n) is 10.6. The quantitative estimate of drug-likeness (QED) is 0.154. The highest BCUT2D eigenvalue weighted by Crippen LogP contribution is 2.52. The zero-order valence-electron chi connectivity index (χ0n) is 50.4. The van der Waals surface area contributed by atoms with E-state index in [1.54, 1.807) is 6.07 Å². The van der Waals surface area contributed by atoms with Gasteiger partial charge in [-0.15, -0.1) is 0 Å². The summed E-state index contributed by atoms with van der Waals surface area (Å²) in [6, 6.07) is 35.5. The average molecular weight is 898 g/mol. The van der Waals surface area contributed by atoms with Crippen molar-refractivity contribution in [1.29, 1.82) is 0 Å². The molecule has 3 nitrogen and oxygen atoms in total. The van der Waals surface area contributed by atoms with Crippen LogP contribution in [0.4, 0.5) is 51.2 Å². The lowest BCUT2D eigenvalue weighted by atomic mass is 9.33. The van der Waals surface area contributed by atoms with Gasteiger partial charge in [0.05, 0.1) is 21.8 Å². The zero-order chi connectivity index (χ0) is 55.5. The van der Waals surface area contributed by atoms with Gasteiger partial charge in [-0.1, -0.05) is 177 Å². The van der Waals surface area contributed by atoms with Crippen molar-refractivity contribution in [3.05, 3.63) is 198 Å². The average Bonchev–Trinajstić information content (AvgIpc) is 3.62. The van der Waals surface area contributed by atoms with Crippen LogP contribution in [0.3, 0.4) is 0 Å². The maximum absolute atomic E-state index is 9.36. The number of fused-ring (bicyclic) bond motifs is 7. The third-order valence-corrected chi connectivity index (χ3v) is 16.3. The summed E-state index contributed by atoms with van der Waals surface area (Å²) in [5.41, 5.74) is 14.9. The van der Waals surface area contributed by atoms with Crippen LogP contribution in [0.25, 0.3) is 11.1 Å². The molecule has 0 atom stereocenters. The maximum Gasteiger partial charge on any atom is 0.252 e. The lowest BCUT2D eigenvalue weighted by Crippen LogP contribution is -2.62. The van der Waals surface area contributed by atoms with E-state index in [0.717, 1.165) is 67.2 Å². The number of nitrogens with zero attached hydrogens (tertiary/aromatic N) is 3. The normalized spacial score (nSPS) is 16.6. The molecule has 3 aliphatic rings. The van der Waals surface area contributed by atoms with Crippen LogP contribution in [0.5, 0.6) is 0 Å². The first-order valence-electron chi connectivity index (χ1n) is 28.4. The van der Waals surface area contributed by atoms with Crippen LogP contribution in [-0.2, 0) is 16.2 Å². The predicted octanol–water partition coefficient (Wildman–Crippen LogP) is 14.7. The van der Waals surface area contributed by atoms with Gasteiger partial charge in [0, 0.05) is 56.6 Å². The van der Waals surface area contributed by atoms with Crippen molar-refractivity contribution in [2.75, 3.05) is 14.7 Å². The van der Waals surface area contributed by atoms with Crippen molar-refractivity contribution in [3.8, 4) is 11.1 Å². The van der Waals surface area contributed by atoms with Crippen molar-refractivity contribution >= 4 is 87.5 Å². The van der Waals surface area contributed by atoms with Crippen LogP contribution in [0.15, 0.2) is 176 Å². The van der Waals surface area contributed by atoms with Crippen molar-refractivity contribution in [2.24, 2.45) is 0 Å². The maximum atomic E-state index is 9.36. The molecule has 2 heterocycles. The molecule has 332 valence electrons. The second kappa shape index (κ2) is 15.2. The SMILES string of the molecule is [2H]c1c([2H])c([2H])c(N(c2ccc3c(c2)N(c2ccc4c(c2)C(C)(C)c2ccccc2-4)c2cc([Si](C)(C)C)cc4c2B3c2cc(C(C)(C)C)ccc2N4c2ccc(C(C)(C)C)cc2)c2c([2H])c([2H])c([2H])c([2H])c2[2H])c([2H])c1[2H]. The third kappa shape index (κ3) is 7.00. The standard InChI is InChI=1S/C62H62BN3Si/c1-60(2,3)41-26-29-45(30-27-41)65-55-35-28-42(61(4,5)6)36-54(55)63-53-34-32-47(64(43-20-14-12-15-21-43)44-22-16-13-17-23-44)38-56(53)66(58-40-48(67(9,10)11)39-57(65)59(58)63)46-31-33-50-49-24-18-19-25-51(49)62(7,8)52(50)37-46/h12-40H,1-11H3/i12D,13D,14D,15D,16D,17D,20D,21D,22D,23D. The Morgan fingerprint density at radius 1 is 0.507 bits per heavy atom. The molecule has 2 aliphatic heterocycles. The molecule has 0 fully saturated rings. The lowest BCUT2D eigenvalue weighted by molar-refractivity contribution is 0.590. The van der Waals surface area contributed by atoms with Gasteiger partial charge in [-0.2, -0.15) is 0 Å². The Morgan fingerprint density at radius 3 is 1.69 bits per heavy atom.